The van der Waals surface area contributed by atoms with Gasteiger partial charge in [0.25, 0.3) is 0 Å². The number of carbonyl (C=O) groups is 1. The summed E-state index contributed by atoms with van der Waals surface area (Å²) in [7, 11) is 0. The predicted octanol–water partition coefficient (Wildman–Crippen LogP) is 5.45. The third-order valence-electron chi connectivity index (χ3n) is 3.24. The second kappa shape index (κ2) is 7.27. The van der Waals surface area contributed by atoms with Crippen LogP contribution >= 0.6 is 0 Å². The number of halogens is 6. The molecule has 0 spiro atoms. The third kappa shape index (κ3) is 4.90. The first-order chi connectivity index (χ1) is 12.0. The molecule has 0 atom stereocenters. The largest absolute Gasteiger partial charge is 0.573 e. The summed E-state index contributed by atoms with van der Waals surface area (Å²) in [4.78, 5) is 11.6. The van der Waals surface area contributed by atoms with E-state index in [2.05, 4.69) is 9.47 Å². The Bertz CT molecular complexity index is 779. The molecule has 0 saturated carbocycles. The smallest absolute Gasteiger partial charge is 0.462 e. The molecule has 0 aliphatic heterocycles. The molecule has 2 aromatic carbocycles. The van der Waals surface area contributed by atoms with Gasteiger partial charge in [0.15, 0.2) is 0 Å². The molecule has 3 nitrogen and oxygen atoms in total. The molecule has 0 saturated heterocycles. The van der Waals surface area contributed by atoms with Gasteiger partial charge in [0.1, 0.15) is 5.75 Å². The number of rotatable bonds is 4. The molecule has 0 aromatic heterocycles. The van der Waals surface area contributed by atoms with E-state index in [0.29, 0.717) is 6.07 Å². The van der Waals surface area contributed by atoms with Crippen LogP contribution in [0.15, 0.2) is 42.5 Å². The van der Waals surface area contributed by atoms with Gasteiger partial charge in [-0.2, -0.15) is 13.2 Å². The van der Waals surface area contributed by atoms with E-state index in [1.807, 2.05) is 0 Å². The summed E-state index contributed by atoms with van der Waals surface area (Å²) in [5.74, 6) is -1.46. The van der Waals surface area contributed by atoms with Gasteiger partial charge in [-0.05, 0) is 42.3 Å². The van der Waals surface area contributed by atoms with Crippen LogP contribution in [-0.2, 0) is 10.9 Å². The van der Waals surface area contributed by atoms with E-state index >= 15 is 0 Å². The molecule has 2 aromatic rings. The Labute approximate surface area is 144 Å². The summed E-state index contributed by atoms with van der Waals surface area (Å²) in [6, 6.07) is 6.81. The van der Waals surface area contributed by atoms with Gasteiger partial charge in [0, 0.05) is 0 Å². The van der Waals surface area contributed by atoms with Crippen molar-refractivity contribution in [1.82, 2.24) is 0 Å². The maximum atomic E-state index is 13.3. The van der Waals surface area contributed by atoms with Gasteiger partial charge in [-0.1, -0.05) is 18.2 Å². The van der Waals surface area contributed by atoms with Crippen molar-refractivity contribution in [2.75, 3.05) is 6.61 Å². The van der Waals surface area contributed by atoms with E-state index in [1.54, 1.807) is 0 Å². The van der Waals surface area contributed by atoms with Crippen LogP contribution < -0.4 is 4.74 Å². The summed E-state index contributed by atoms with van der Waals surface area (Å²) >= 11 is 0. The van der Waals surface area contributed by atoms with Crippen LogP contribution in [0.2, 0.25) is 0 Å². The van der Waals surface area contributed by atoms with Crippen LogP contribution in [-0.4, -0.2) is 18.9 Å². The van der Waals surface area contributed by atoms with Crippen molar-refractivity contribution in [3.8, 4) is 16.9 Å². The van der Waals surface area contributed by atoms with Crippen molar-refractivity contribution in [3.63, 3.8) is 0 Å². The van der Waals surface area contributed by atoms with Gasteiger partial charge in [0.2, 0.25) is 0 Å². The third-order valence-corrected chi connectivity index (χ3v) is 3.24. The van der Waals surface area contributed by atoms with Gasteiger partial charge in [-0.15, -0.1) is 13.2 Å². The molecule has 0 radical (unpaired) electrons. The standard InChI is InChI=1S/C17H12F6O3/c1-2-25-15(24)11-5-8-13(14(9-11)16(18,19)20)10-3-6-12(7-4-10)26-17(21,22)23/h3-9H,2H2,1H3. The molecule has 0 bridgehead atoms. The fourth-order valence-corrected chi connectivity index (χ4v) is 2.21. The predicted molar refractivity (Wildman–Crippen MR) is 79.5 cm³/mol. The molecule has 2 rings (SSSR count). The Hall–Kier alpha value is -2.71. The zero-order valence-electron chi connectivity index (χ0n) is 13.2. The maximum absolute atomic E-state index is 13.3. The minimum absolute atomic E-state index is 0.00258. The number of carbonyl (C=O) groups excluding carboxylic acids is 1. The van der Waals surface area contributed by atoms with Gasteiger partial charge in [0.05, 0.1) is 17.7 Å². The average molecular weight is 378 g/mol. The van der Waals surface area contributed by atoms with Crippen LogP contribution in [0.5, 0.6) is 5.75 Å². The van der Waals surface area contributed by atoms with E-state index in [9.17, 15) is 31.1 Å². The minimum Gasteiger partial charge on any atom is -0.462 e. The molecular weight excluding hydrogens is 366 g/mol. The summed E-state index contributed by atoms with van der Waals surface area (Å²) < 4.78 is 84.8. The fraction of sp³-hybridized carbons (Fsp3) is 0.235. The van der Waals surface area contributed by atoms with Crippen molar-refractivity contribution in [2.24, 2.45) is 0 Å². The highest BCUT2D eigenvalue weighted by Crippen LogP contribution is 2.38. The van der Waals surface area contributed by atoms with Gasteiger partial charge in [-0.25, -0.2) is 4.79 Å². The lowest BCUT2D eigenvalue weighted by Crippen LogP contribution is -2.17. The lowest BCUT2D eigenvalue weighted by atomic mass is 9.97. The Kier molecular flexibility index (Phi) is 5.48. The van der Waals surface area contributed by atoms with Crippen molar-refractivity contribution < 1.29 is 40.6 Å². The molecule has 26 heavy (non-hydrogen) atoms. The zero-order valence-corrected chi connectivity index (χ0v) is 13.2. The summed E-state index contributed by atoms with van der Waals surface area (Å²) in [5.41, 5.74) is -1.65. The number of esters is 1. The van der Waals surface area contributed by atoms with Crippen molar-refractivity contribution in [2.45, 2.75) is 19.5 Å². The number of alkyl halides is 6. The Morgan fingerprint density at radius 2 is 1.58 bits per heavy atom. The van der Waals surface area contributed by atoms with Gasteiger partial charge >= 0.3 is 18.5 Å². The number of hydrogen-bond donors (Lipinski definition) is 0. The molecule has 0 aliphatic rings. The van der Waals surface area contributed by atoms with E-state index in [1.165, 1.54) is 6.92 Å². The molecule has 0 fully saturated rings. The highest BCUT2D eigenvalue weighted by Gasteiger charge is 2.35. The van der Waals surface area contributed by atoms with E-state index in [-0.39, 0.29) is 23.3 Å². The van der Waals surface area contributed by atoms with E-state index in [4.69, 9.17) is 0 Å². The van der Waals surface area contributed by atoms with Crippen LogP contribution in [0.1, 0.15) is 22.8 Å². The first-order valence-corrected chi connectivity index (χ1v) is 7.26. The molecule has 0 amide bonds. The lowest BCUT2D eigenvalue weighted by molar-refractivity contribution is -0.274. The van der Waals surface area contributed by atoms with E-state index in [0.717, 1.165) is 36.4 Å². The van der Waals surface area contributed by atoms with Gasteiger partial charge in [-0.3, -0.25) is 0 Å². The first kappa shape index (κ1) is 19.6. The summed E-state index contributed by atoms with van der Waals surface area (Å²) in [6.07, 6.45) is -9.68. The summed E-state index contributed by atoms with van der Waals surface area (Å²) in [5, 5.41) is 0. The molecule has 0 N–H and O–H groups in total. The van der Waals surface area contributed by atoms with Crippen molar-refractivity contribution >= 4 is 5.97 Å². The quantitative estimate of drug-likeness (QED) is 0.524. The Morgan fingerprint density at radius 1 is 0.962 bits per heavy atom. The molecule has 0 unspecified atom stereocenters. The molecule has 140 valence electrons. The Morgan fingerprint density at radius 3 is 2.08 bits per heavy atom. The van der Waals surface area contributed by atoms with Crippen LogP contribution in [0.4, 0.5) is 26.3 Å². The average Bonchev–Trinajstić information content (AvgIpc) is 2.53. The van der Waals surface area contributed by atoms with Gasteiger partial charge < -0.3 is 9.47 Å². The second-order valence-corrected chi connectivity index (χ2v) is 5.05. The normalized spacial score (nSPS) is 12.0. The SMILES string of the molecule is CCOC(=O)c1ccc(-c2ccc(OC(F)(F)F)cc2)c(C(F)(F)F)c1. The topological polar surface area (TPSA) is 35.5 Å². The van der Waals surface area contributed by atoms with Crippen LogP contribution in [0, 0.1) is 0 Å². The Balaban J connectivity index is 2.43. The van der Waals surface area contributed by atoms with Crippen LogP contribution in [0.3, 0.4) is 0 Å². The maximum Gasteiger partial charge on any atom is 0.573 e. The van der Waals surface area contributed by atoms with Crippen molar-refractivity contribution in [1.29, 1.82) is 0 Å². The zero-order chi connectivity index (χ0) is 19.5. The number of benzene rings is 2. The molecule has 0 aliphatic carbocycles. The lowest BCUT2D eigenvalue weighted by Gasteiger charge is -2.15. The molecular formula is C17H12F6O3. The highest BCUT2D eigenvalue weighted by atomic mass is 19.4. The number of ether oxygens (including phenoxy) is 2. The van der Waals surface area contributed by atoms with Crippen LogP contribution in [0.25, 0.3) is 11.1 Å². The molecule has 0 heterocycles. The fourth-order valence-electron chi connectivity index (χ4n) is 2.21. The first-order valence-electron chi connectivity index (χ1n) is 7.26. The second-order valence-electron chi connectivity index (χ2n) is 5.05. The summed E-state index contributed by atoms with van der Waals surface area (Å²) in [6.45, 7) is 1.52. The highest BCUT2D eigenvalue weighted by molar-refractivity contribution is 5.90. The number of hydrogen-bond acceptors (Lipinski definition) is 3. The van der Waals surface area contributed by atoms with Crippen molar-refractivity contribution in [3.05, 3.63) is 53.6 Å². The monoisotopic (exact) mass is 378 g/mol. The minimum atomic E-state index is -4.90. The molecule has 9 heteroatoms. The van der Waals surface area contributed by atoms with E-state index < -0.39 is 29.8 Å².